The number of amides is 4. The first-order valence-corrected chi connectivity index (χ1v) is 26.4. The number of likely N-dealkylation sites (N-methyl/N-ethyl adjacent to an activating group) is 1. The van der Waals surface area contributed by atoms with Gasteiger partial charge in [-0.1, -0.05) is 33.8 Å². The van der Waals surface area contributed by atoms with Crippen molar-refractivity contribution in [3.05, 3.63) is 57.7 Å². The first kappa shape index (κ1) is 50.0. The lowest BCUT2D eigenvalue weighted by Crippen LogP contribution is -2.64. The molecule has 4 fully saturated rings. The Morgan fingerprint density at radius 1 is 1.06 bits per heavy atom. The standard InChI is InChI=1S/C53H73N9O7S/c1-10-61-44-14-13-34-20-38(44)40(48(61)39-21-35(24-54-46(39)32(4)67-9)33-15-18-58(7)19-16-33)23-53(5,6)30-69-51(65)41-12-11-17-62(57-41)50(64)42(22-45-55-43(34)29-70-45)56-49(63)47(31(2)3)59(8)52(66)60-25-36(26-60)37-27-68-28-37/h13-14,20-21,24,29,31-33,36-37,41-42,47,57H,10-12,15-19,22-23,25-28,30H2,1-9H3,(H,56,63)/t32-,41-,42-,47?/m0/s1. The number of nitrogens with one attached hydrogen (secondary N) is 2. The normalized spacial score (nSPS) is 22.8. The average Bonchev–Trinajstić information content (AvgIpc) is 3.91. The predicted octanol–water partition coefficient (Wildman–Crippen LogP) is 6.67. The second kappa shape index (κ2) is 20.7. The van der Waals surface area contributed by atoms with Gasteiger partial charge < -0.3 is 38.8 Å². The molecular weight excluding hydrogens is 907 g/mol. The fourth-order valence-corrected chi connectivity index (χ4v) is 12.1. The molecule has 4 amide bonds. The Hall–Kier alpha value is -4.94. The van der Waals surface area contributed by atoms with Crippen molar-refractivity contribution in [2.24, 2.45) is 23.2 Å². The summed E-state index contributed by atoms with van der Waals surface area (Å²) in [6.45, 7) is 18.3. The number of hydrogen-bond donors (Lipinski definition) is 2. The maximum atomic E-state index is 14.7. The molecular formula is C53H73N9O7S. The number of ether oxygens (including phenoxy) is 3. The van der Waals surface area contributed by atoms with Crippen molar-refractivity contribution in [1.82, 2.24) is 45.0 Å². The van der Waals surface area contributed by atoms with E-state index in [0.717, 1.165) is 83.8 Å². The van der Waals surface area contributed by atoms with Gasteiger partial charge in [-0.15, -0.1) is 11.3 Å². The quantitative estimate of drug-likeness (QED) is 0.163. The topological polar surface area (TPSA) is 164 Å². The number of carbonyl (C=O) groups is 4. The Labute approximate surface area is 416 Å². The molecule has 0 aliphatic carbocycles. The molecule has 4 aromatic rings. The predicted molar refractivity (Wildman–Crippen MR) is 270 cm³/mol. The fraction of sp³-hybridized carbons (Fsp3) is 0.623. The third kappa shape index (κ3) is 10.1. The van der Waals surface area contributed by atoms with E-state index in [9.17, 15) is 19.2 Å². The average molecular weight is 980 g/mol. The molecule has 4 saturated heterocycles. The van der Waals surface area contributed by atoms with E-state index >= 15 is 0 Å². The number of aromatic nitrogens is 3. The fourth-order valence-electron chi connectivity index (χ4n) is 11.2. The van der Waals surface area contributed by atoms with E-state index in [0.29, 0.717) is 68.2 Å². The number of urea groups is 1. The Bertz CT molecular complexity index is 2580. The van der Waals surface area contributed by atoms with Gasteiger partial charge in [0.1, 0.15) is 18.1 Å². The Morgan fingerprint density at radius 3 is 2.50 bits per heavy atom. The molecule has 16 nitrogen and oxygen atoms in total. The molecule has 9 rings (SSSR count). The van der Waals surface area contributed by atoms with Crippen LogP contribution < -0.4 is 10.7 Å². The van der Waals surface area contributed by atoms with Crippen LogP contribution in [0.1, 0.15) is 101 Å². The molecule has 3 aromatic heterocycles. The number of carbonyl (C=O) groups excluding carboxylic acids is 4. The maximum absolute atomic E-state index is 14.7. The number of nitrogens with zero attached hydrogens (tertiary/aromatic N) is 7. The van der Waals surface area contributed by atoms with Crippen LogP contribution in [0, 0.1) is 23.2 Å². The molecule has 0 saturated carbocycles. The number of rotatable bonds is 10. The third-order valence-electron chi connectivity index (χ3n) is 15.6. The number of hydrogen-bond acceptors (Lipinski definition) is 12. The van der Waals surface area contributed by atoms with Gasteiger partial charge in [0, 0.05) is 97.6 Å². The van der Waals surface area contributed by atoms with E-state index in [1.165, 1.54) is 26.8 Å². The number of likely N-dealkylation sites (tertiary alicyclic amines) is 2. The van der Waals surface area contributed by atoms with E-state index < -0.39 is 35.4 Å². The van der Waals surface area contributed by atoms with Gasteiger partial charge in [-0.05, 0) is 107 Å². The molecule has 6 bridgehead atoms. The molecule has 4 atom stereocenters. The minimum atomic E-state index is -1.04. The van der Waals surface area contributed by atoms with Gasteiger partial charge in [0.2, 0.25) is 5.91 Å². The summed E-state index contributed by atoms with van der Waals surface area (Å²) in [6.07, 6.45) is 5.69. The Morgan fingerprint density at radius 2 is 1.81 bits per heavy atom. The van der Waals surface area contributed by atoms with Gasteiger partial charge in [-0.2, -0.15) is 0 Å². The van der Waals surface area contributed by atoms with Crippen LogP contribution in [0.4, 0.5) is 4.79 Å². The van der Waals surface area contributed by atoms with Crippen molar-refractivity contribution in [3.63, 3.8) is 0 Å². The number of fused-ring (bicyclic) bond motifs is 6. The van der Waals surface area contributed by atoms with Crippen LogP contribution in [0.15, 0.2) is 35.8 Å². The lowest BCUT2D eigenvalue weighted by atomic mass is 9.83. The SMILES string of the molecule is CCn1c(-c2cc(C3CCN(C)CC3)cnc2[C@H](C)OC)c2c3cc(ccc31)-c1csc(n1)C[C@H](NC(=O)C(C(C)C)N(C)C(=O)N1CC(C3COC3)C1)C(=O)N1CCC[C@H](N1)C(=O)OCC(C)(C)C2. The zero-order valence-corrected chi connectivity index (χ0v) is 43.4. The van der Waals surface area contributed by atoms with Crippen molar-refractivity contribution >= 4 is 46.1 Å². The Balaban J connectivity index is 1.09. The minimum Gasteiger partial charge on any atom is -0.464 e. The van der Waals surface area contributed by atoms with Gasteiger partial charge in [0.15, 0.2) is 0 Å². The van der Waals surface area contributed by atoms with E-state index in [1.54, 1.807) is 19.1 Å². The second-order valence-corrected chi connectivity index (χ2v) is 22.6. The van der Waals surface area contributed by atoms with Crippen molar-refractivity contribution in [1.29, 1.82) is 0 Å². The van der Waals surface area contributed by atoms with E-state index in [4.69, 9.17) is 24.2 Å². The summed E-state index contributed by atoms with van der Waals surface area (Å²) in [5.41, 5.74) is 10.9. The number of benzene rings is 1. The van der Waals surface area contributed by atoms with Crippen molar-refractivity contribution < 1.29 is 33.4 Å². The number of aryl methyl sites for hydroxylation is 1. The lowest BCUT2D eigenvalue weighted by Gasteiger charge is -2.48. The number of thiazole rings is 1. The summed E-state index contributed by atoms with van der Waals surface area (Å²) in [6, 6.07) is 6.02. The zero-order chi connectivity index (χ0) is 49.6. The molecule has 5 aliphatic rings. The molecule has 1 aromatic carbocycles. The number of hydrazine groups is 1. The van der Waals surface area contributed by atoms with E-state index in [2.05, 4.69) is 85.4 Å². The summed E-state index contributed by atoms with van der Waals surface area (Å²) >= 11 is 1.44. The lowest BCUT2D eigenvalue weighted by molar-refractivity contribution is -0.155. The second-order valence-electron chi connectivity index (χ2n) is 21.7. The molecule has 70 heavy (non-hydrogen) atoms. The first-order chi connectivity index (χ1) is 33.5. The molecule has 17 heteroatoms. The van der Waals surface area contributed by atoms with Crippen LogP contribution in [0.25, 0.3) is 33.4 Å². The van der Waals surface area contributed by atoms with E-state index in [-0.39, 0.29) is 37.0 Å². The summed E-state index contributed by atoms with van der Waals surface area (Å²) in [5, 5.41) is 8.30. The molecule has 0 radical (unpaired) electrons. The van der Waals surface area contributed by atoms with Gasteiger partial charge in [-0.3, -0.25) is 24.4 Å². The number of pyridine rings is 1. The van der Waals surface area contributed by atoms with Gasteiger partial charge in [0.05, 0.1) is 48.0 Å². The number of cyclic esters (lactones) is 1. The zero-order valence-electron chi connectivity index (χ0n) is 42.6. The highest BCUT2D eigenvalue weighted by Gasteiger charge is 2.43. The summed E-state index contributed by atoms with van der Waals surface area (Å²) in [7, 11) is 5.58. The molecule has 1 unspecified atom stereocenters. The number of methoxy groups -OCH3 is 1. The molecule has 8 heterocycles. The van der Waals surface area contributed by atoms with Gasteiger partial charge >= 0.3 is 12.0 Å². The molecule has 2 N–H and O–H groups in total. The molecule has 0 spiro atoms. The highest BCUT2D eigenvalue weighted by atomic mass is 32.1. The van der Waals surface area contributed by atoms with Crippen molar-refractivity contribution in [2.45, 2.75) is 117 Å². The highest BCUT2D eigenvalue weighted by Crippen LogP contribution is 2.43. The largest absolute Gasteiger partial charge is 0.464 e. The highest BCUT2D eigenvalue weighted by molar-refractivity contribution is 7.10. The Kier molecular flexibility index (Phi) is 14.8. The van der Waals surface area contributed by atoms with Gasteiger partial charge in [0.25, 0.3) is 5.91 Å². The summed E-state index contributed by atoms with van der Waals surface area (Å²) < 4.78 is 20.0. The monoisotopic (exact) mass is 980 g/mol. The van der Waals surface area contributed by atoms with Gasteiger partial charge in [-0.25, -0.2) is 15.2 Å². The van der Waals surface area contributed by atoms with Crippen LogP contribution in [-0.2, 0) is 48.0 Å². The first-order valence-electron chi connectivity index (χ1n) is 25.5. The number of piperidine rings is 1. The molecule has 5 aliphatic heterocycles. The third-order valence-corrected chi connectivity index (χ3v) is 16.4. The van der Waals surface area contributed by atoms with Crippen molar-refractivity contribution in [2.75, 3.05) is 73.7 Å². The van der Waals surface area contributed by atoms with Crippen LogP contribution in [0.5, 0.6) is 0 Å². The number of esters is 1. The maximum Gasteiger partial charge on any atom is 0.324 e. The van der Waals surface area contributed by atoms with Crippen molar-refractivity contribution in [3.8, 4) is 22.5 Å². The minimum absolute atomic E-state index is 0.112. The van der Waals surface area contributed by atoms with Crippen LogP contribution in [-0.4, -0.2) is 150 Å². The molecule has 378 valence electrons. The summed E-state index contributed by atoms with van der Waals surface area (Å²) in [5.74, 6) is -0.213. The van der Waals surface area contributed by atoms with Crippen LogP contribution >= 0.6 is 11.3 Å². The van der Waals surface area contributed by atoms with Crippen LogP contribution in [0.3, 0.4) is 0 Å². The van der Waals surface area contributed by atoms with E-state index in [1.807, 2.05) is 19.2 Å². The smallest absolute Gasteiger partial charge is 0.324 e. The summed E-state index contributed by atoms with van der Waals surface area (Å²) in [4.78, 5) is 73.1. The van der Waals surface area contributed by atoms with Crippen LogP contribution in [0.2, 0.25) is 0 Å².